The van der Waals surface area contributed by atoms with Crippen LogP contribution in [-0.2, 0) is 139 Å². The maximum atomic E-state index is 17.6. The Labute approximate surface area is 819 Å². The molecule has 20 N–H and O–H groups in total. The summed E-state index contributed by atoms with van der Waals surface area (Å²) in [6.07, 6.45) is -49.5. The van der Waals surface area contributed by atoms with Crippen LogP contribution >= 0.6 is 46.9 Å². The van der Waals surface area contributed by atoms with Crippen molar-refractivity contribution < 1.29 is 182 Å². The van der Waals surface area contributed by atoms with E-state index in [0.717, 1.165) is 104 Å². The molecule has 16 rings (SSSR count). The van der Waals surface area contributed by atoms with Gasteiger partial charge in [-0.2, -0.15) is 19.9 Å². The minimum absolute atomic E-state index is 0.0371. The number of nitrogens with one attached hydrogen (secondary N) is 5. The number of alkyl halides is 2. The molecule has 0 spiro atoms. The lowest BCUT2D eigenvalue weighted by atomic mass is 10.1. The van der Waals surface area contributed by atoms with Gasteiger partial charge in [-0.05, 0) is 18.6 Å². The lowest BCUT2D eigenvalue weighted by Crippen LogP contribution is -2.40. The molecule has 7 saturated heterocycles. The molecule has 9 aromatic rings. The van der Waals surface area contributed by atoms with Crippen LogP contribution in [0.2, 0.25) is 0 Å². The highest BCUT2D eigenvalue weighted by molar-refractivity contribution is 7.48. The number of methoxy groups -OCH3 is 5. The monoisotopic (exact) mass is 2230 g/mol. The van der Waals surface area contributed by atoms with Crippen LogP contribution in [0.4, 0.5) is 32.3 Å². The van der Waals surface area contributed by atoms with Crippen LogP contribution < -0.4 is 79.2 Å². The first-order valence-electron chi connectivity index (χ1n) is 43.2. The number of rotatable bonds is 43. The zero-order valence-corrected chi connectivity index (χ0v) is 81.9. The van der Waals surface area contributed by atoms with E-state index in [9.17, 15) is 110 Å². The van der Waals surface area contributed by atoms with Crippen LogP contribution in [0.1, 0.15) is 56.9 Å². The molecule has 148 heavy (non-hydrogen) atoms. The van der Waals surface area contributed by atoms with Crippen molar-refractivity contribution in [1.29, 1.82) is 0 Å². The standard InChI is InChI=1S/C71H92F2N22O47P6/c1-7-26-45(50(120-3)64(130-26)95-25-79-41-55(95)86-66(77)88-57(41)101)139-146(113,114)125-20-29-44(39(73)59(133-29)94-24-78-40-54(94)85-65(76)87-56(40)100)138-144(109,110)128-21-30-47(52(122-5)62(134-30)91-14-9-34(75)81-68(91)103)141-147(115,116)126-19-28-43(38(72)58(132-28)89-15-10-35(96)82-69(89)104)137-143(107,108)127-22-31-48(53(123-6)63(136-31)93-17-12-37(98)84-71(93)106)142-148(117,118)129-23-32-46(51(121-4)61(135-32)90-13-8-33(74)80-67(90)102)140-145(111,112)124-18-27-42(99)49(119-2)60(131-27)92-16-11-36(97)83-70(92)105/h8-17,24-32,38-39,42-53,58-64,99H,7,18-23H2,1-6H3,(H,107,108)(H,109,110)(H,111,112)(H,113,114)(H,115,116)(H,117,118)(H2,74,80,102)(H2,75,81,103)(H,82,96,104)(H,83,97,105)(H,84,98,106)(H3,76,85,87,100)(H3,77,86,88,101)/t26-,27-,28-,29-,30-,31-,32-,38+,39+,42?,43?,44?,45?,46?,47?,48?,49+,50+,51+,52+,53+,58-,59-,60-,61-,62-,63-,64-/m1/s1. The Hall–Kier alpha value is -10.3. The van der Waals surface area contributed by atoms with Crippen LogP contribution in [0.15, 0.2) is 122 Å². The molecular weight excluding hydrogens is 2140 g/mol. The van der Waals surface area contributed by atoms with Gasteiger partial charge in [-0.25, -0.2) is 70.1 Å². The first-order valence-corrected chi connectivity index (χ1v) is 52.1. The number of aliphatic hydroxyl groups excluding tert-OH is 1. The summed E-state index contributed by atoms with van der Waals surface area (Å²) < 4.78 is 262. The molecule has 0 radical (unpaired) electrons. The first-order chi connectivity index (χ1) is 69.9. The Morgan fingerprint density at radius 1 is 0.338 bits per heavy atom. The van der Waals surface area contributed by atoms with E-state index in [1.165, 1.54) is 11.7 Å². The number of nitrogen functional groups attached to an aromatic ring is 4. The van der Waals surface area contributed by atoms with Crippen molar-refractivity contribution in [2.75, 3.05) is 98.1 Å². The predicted octanol–water partition coefficient (Wildman–Crippen LogP) is -5.44. The number of ether oxygens (including phenoxy) is 12. The summed E-state index contributed by atoms with van der Waals surface area (Å²) in [5.74, 6) is -1.56. The Morgan fingerprint density at radius 2 is 0.595 bits per heavy atom. The van der Waals surface area contributed by atoms with Gasteiger partial charge in [0.25, 0.3) is 27.8 Å². The van der Waals surface area contributed by atoms with Crippen molar-refractivity contribution in [3.8, 4) is 0 Å². The number of aliphatic hydroxyl groups is 1. The maximum Gasteiger partial charge on any atom is 0.472 e. The number of phosphoric acid groups is 6. The van der Waals surface area contributed by atoms with Crippen molar-refractivity contribution >= 4 is 92.8 Å². The second-order valence-corrected chi connectivity index (χ2v) is 41.4. The Bertz CT molecular complexity index is 7360. The molecular formula is C71H92F2N22O47P6. The number of halogens is 2. The zero-order valence-electron chi connectivity index (χ0n) is 76.6. The van der Waals surface area contributed by atoms with E-state index < -0.39 is 332 Å². The summed E-state index contributed by atoms with van der Waals surface area (Å²) in [4.78, 5) is 232. The van der Waals surface area contributed by atoms with Crippen LogP contribution in [0.25, 0.3) is 22.3 Å². The van der Waals surface area contributed by atoms with E-state index in [1.54, 1.807) is 6.92 Å². The molecule has 812 valence electrons. The van der Waals surface area contributed by atoms with Gasteiger partial charge in [0, 0.05) is 84.7 Å². The fourth-order valence-electron chi connectivity index (χ4n) is 17.2. The second kappa shape index (κ2) is 44.2. The molecule has 13 unspecified atom stereocenters. The first kappa shape index (κ1) is 110. The number of nitrogens with zero attached hydrogens (tertiary/aromatic N) is 13. The van der Waals surface area contributed by atoms with Gasteiger partial charge in [0.05, 0.1) is 58.4 Å². The van der Waals surface area contributed by atoms with Gasteiger partial charge in [0.15, 0.2) is 78.3 Å². The highest BCUT2D eigenvalue weighted by Gasteiger charge is 2.60. The smallest absolute Gasteiger partial charge is 0.387 e. The number of hydrogen-bond acceptors (Lipinski definition) is 51. The SMILES string of the molecule is CC[C@H]1O[C@@H](n2cnc3c(=O)[nH]c(N)nc32)[C@@H](OC)C1OP(=O)(O)OC[C@H]1O[C@@H](n2cnc3c(=O)[nH]c(N)nc32)[C@@H](F)C1OP(=O)(O)OC[C@H]1O[C@@H](n2ccc(N)nc2=O)[C@@H](OC)C1OP(=O)(O)OC[C@H]1O[C@@H](n2ccc(=O)[nH]c2=O)[C@@H](F)C1OP(=O)(O)OC[C@H]1O[C@@H](n2ccc(=O)[nH]c2=O)[C@@H](OC)C1OP(=O)(O)OC[C@H]1O[C@@H](n2ccc(N)nc2=O)[C@@H](OC)C1OP(=O)(O)OC[C@H]1O[C@@H](n2ccc(=O)[nH]c2=O)[C@@H](OC)C1O. The summed E-state index contributed by atoms with van der Waals surface area (Å²) >= 11 is 0. The molecule has 16 heterocycles. The van der Waals surface area contributed by atoms with Gasteiger partial charge < -0.3 is 114 Å². The second-order valence-electron chi connectivity index (χ2n) is 32.9. The zero-order chi connectivity index (χ0) is 107. The lowest BCUT2D eigenvalue weighted by molar-refractivity contribution is -0.0684. The van der Waals surface area contributed by atoms with Crippen molar-refractivity contribution in [3.05, 3.63) is 178 Å². The summed E-state index contributed by atoms with van der Waals surface area (Å²) in [5.41, 5.74) is 11.3. The molecule has 7 fully saturated rings. The van der Waals surface area contributed by atoms with Crippen molar-refractivity contribution in [1.82, 2.24) is 86.8 Å². The molecule has 0 saturated carbocycles. The van der Waals surface area contributed by atoms with E-state index in [1.807, 2.05) is 15.0 Å². The fraction of sp³-hybridized carbons (Fsp3) is 0.577. The highest BCUT2D eigenvalue weighted by atomic mass is 31.2. The van der Waals surface area contributed by atoms with Gasteiger partial charge >= 0.3 is 75.4 Å². The van der Waals surface area contributed by atoms with Gasteiger partial charge in [-0.3, -0.25) is 135 Å². The lowest BCUT2D eigenvalue weighted by Gasteiger charge is -2.28. The van der Waals surface area contributed by atoms with Gasteiger partial charge in [0.2, 0.25) is 11.9 Å². The Kier molecular flexibility index (Phi) is 32.9. The minimum Gasteiger partial charge on any atom is -0.387 e. The molecule has 69 nitrogen and oxygen atoms in total. The summed E-state index contributed by atoms with van der Waals surface area (Å²) in [6, 6.07) is 4.54. The van der Waals surface area contributed by atoms with Gasteiger partial charge in [-0.1, -0.05) is 6.92 Å². The minimum atomic E-state index is -6.18. The van der Waals surface area contributed by atoms with E-state index in [0.29, 0.717) is 26.0 Å². The maximum absolute atomic E-state index is 17.6. The third kappa shape index (κ3) is 23.6. The van der Waals surface area contributed by atoms with E-state index in [4.69, 9.17) is 134 Å². The normalized spacial score (nSPS) is 32.3. The largest absolute Gasteiger partial charge is 0.472 e. The van der Waals surface area contributed by atoms with E-state index >= 15 is 8.78 Å². The molecule has 9 aromatic heterocycles. The van der Waals surface area contributed by atoms with Crippen molar-refractivity contribution in [2.24, 2.45) is 0 Å². The average Bonchev–Trinajstić information content (AvgIpc) is 1.62. The molecule has 0 aliphatic carbocycles. The Balaban J connectivity index is 0.626. The van der Waals surface area contributed by atoms with E-state index in [2.05, 4.69) is 39.9 Å². The molecule has 0 amide bonds. The average molecular weight is 2230 g/mol. The number of phosphoric ester groups is 6. The third-order valence-electron chi connectivity index (χ3n) is 23.8. The topological polar surface area (TPSA) is 931 Å². The predicted molar refractivity (Wildman–Crippen MR) is 476 cm³/mol. The number of imidazole rings is 2. The molecule has 0 bridgehead atoms. The molecule has 34 atom stereocenters. The van der Waals surface area contributed by atoms with Crippen LogP contribution in [0.5, 0.6) is 0 Å². The number of H-pyrrole nitrogens is 5. The van der Waals surface area contributed by atoms with Crippen LogP contribution in [0.3, 0.4) is 0 Å². The van der Waals surface area contributed by atoms with Gasteiger partial charge in [0.1, 0.15) is 122 Å². The molecule has 0 aromatic carbocycles. The molecule has 7 aliphatic heterocycles. The number of hydrogen-bond donors (Lipinski definition) is 16. The van der Waals surface area contributed by atoms with Crippen molar-refractivity contribution in [2.45, 2.75) is 185 Å². The summed E-state index contributed by atoms with van der Waals surface area (Å²) in [5, 5.41) is 11.2. The van der Waals surface area contributed by atoms with Crippen molar-refractivity contribution in [3.63, 3.8) is 0 Å². The summed E-state index contributed by atoms with van der Waals surface area (Å²) in [7, 11) is -30.4. The van der Waals surface area contributed by atoms with E-state index in [-0.39, 0.29) is 35.2 Å². The number of aromatic amines is 5. The van der Waals surface area contributed by atoms with Crippen LogP contribution in [-0.4, -0.2) is 325 Å². The fourth-order valence-corrected chi connectivity index (χ4v) is 22.9. The number of anilines is 4. The quantitative estimate of drug-likeness (QED) is 0.0159. The Morgan fingerprint density at radius 3 is 0.919 bits per heavy atom. The highest BCUT2D eigenvalue weighted by Crippen LogP contribution is 2.59. The number of aromatic nitrogens is 18. The molecule has 77 heteroatoms. The third-order valence-corrected chi connectivity index (χ3v) is 29.7. The molecule has 7 aliphatic rings. The summed E-state index contributed by atoms with van der Waals surface area (Å²) in [6.45, 7) is -6.66. The number of nitrogens with two attached hydrogens (primary N) is 4. The number of fused-ring (bicyclic) bond motifs is 2. The van der Waals surface area contributed by atoms with Crippen LogP contribution in [0, 0.1) is 0 Å². The van der Waals surface area contributed by atoms with Gasteiger partial charge in [-0.15, -0.1) is 0 Å².